The van der Waals surface area contributed by atoms with Gasteiger partial charge >= 0.3 is 6.03 Å². The number of hydrogen-bond donors (Lipinski definition) is 4. The van der Waals surface area contributed by atoms with Gasteiger partial charge in [0.15, 0.2) is 0 Å². The maximum atomic E-state index is 14.8. The van der Waals surface area contributed by atoms with E-state index in [-0.39, 0.29) is 36.4 Å². The normalized spacial score (nSPS) is 22.6. The summed E-state index contributed by atoms with van der Waals surface area (Å²) in [5.74, 6) is -3.06. The number of benzene rings is 2. The molecule has 196 valence electrons. The summed E-state index contributed by atoms with van der Waals surface area (Å²) in [5, 5.41) is 27.2. The number of amides is 2. The van der Waals surface area contributed by atoms with Crippen molar-refractivity contribution in [2.45, 2.75) is 12.1 Å². The van der Waals surface area contributed by atoms with Crippen molar-refractivity contribution < 1.29 is 23.1 Å². The number of hydrogen-bond acceptors (Lipinski definition) is 6. The Bertz CT molecular complexity index is 1390. The first-order valence-electron chi connectivity index (χ1n) is 12.1. The number of rotatable bonds is 4. The number of piperidine rings is 2. The van der Waals surface area contributed by atoms with E-state index < -0.39 is 40.9 Å². The van der Waals surface area contributed by atoms with Crippen LogP contribution in [0.4, 0.5) is 23.7 Å². The molecule has 2 fully saturated rings. The SMILES string of the molecule is N#Cc1cc(CN)cc(F)c1-c1ccc(C2(O)[C@@H]3CNC[C@H]2CN(C(=O)Nc2cc(F)cc(F)c2)C3)nc1. The van der Waals surface area contributed by atoms with Crippen LogP contribution < -0.4 is 16.4 Å². The lowest BCUT2D eigenvalue weighted by Gasteiger charge is -2.52. The average molecular weight is 523 g/mol. The number of carbonyl (C=O) groups is 1. The summed E-state index contributed by atoms with van der Waals surface area (Å²) in [5.41, 5.74) is 5.73. The molecule has 0 spiro atoms. The van der Waals surface area contributed by atoms with Gasteiger partial charge in [-0.1, -0.05) is 6.07 Å². The molecule has 2 amide bonds. The molecule has 2 aliphatic heterocycles. The zero-order valence-corrected chi connectivity index (χ0v) is 20.2. The number of urea groups is 1. The highest BCUT2D eigenvalue weighted by Gasteiger charge is 2.53. The van der Waals surface area contributed by atoms with Gasteiger partial charge in [-0.25, -0.2) is 18.0 Å². The minimum absolute atomic E-state index is 0.00246. The predicted molar refractivity (Wildman–Crippen MR) is 133 cm³/mol. The first-order chi connectivity index (χ1) is 18.2. The van der Waals surface area contributed by atoms with Crippen molar-refractivity contribution in [3.05, 3.63) is 82.9 Å². The minimum Gasteiger partial charge on any atom is -0.383 e. The fourth-order valence-electron chi connectivity index (χ4n) is 5.44. The Morgan fingerprint density at radius 1 is 1.16 bits per heavy atom. The third kappa shape index (κ3) is 4.58. The van der Waals surface area contributed by atoms with E-state index >= 15 is 0 Å². The van der Waals surface area contributed by atoms with Crippen LogP contribution in [0.1, 0.15) is 16.8 Å². The predicted octanol–water partition coefficient (Wildman–Crippen LogP) is 3.07. The number of pyridine rings is 1. The van der Waals surface area contributed by atoms with Crippen molar-refractivity contribution in [1.82, 2.24) is 15.2 Å². The fourth-order valence-corrected chi connectivity index (χ4v) is 5.44. The summed E-state index contributed by atoms with van der Waals surface area (Å²) < 4.78 is 41.9. The number of nitrogens with zero attached hydrogens (tertiary/aromatic N) is 3. The van der Waals surface area contributed by atoms with Crippen LogP contribution in [0.15, 0.2) is 48.7 Å². The molecule has 2 aromatic carbocycles. The standard InChI is InChI=1S/C27H25F3N6O2/c28-20-5-21(29)7-22(6-20)35-26(37)36-13-18-11-33-12-19(14-36)27(18,38)24-2-1-16(10-34-24)25-17(9-32)3-15(8-31)4-23(25)30/h1-7,10,18-19,33,38H,8,11-14,31H2,(H,35,37)/t18-,19+,27?. The fraction of sp³-hybridized carbons (Fsp3) is 0.296. The number of anilines is 1. The molecule has 3 atom stereocenters. The highest BCUT2D eigenvalue weighted by atomic mass is 19.1. The molecule has 3 heterocycles. The van der Waals surface area contributed by atoms with Crippen LogP contribution in [-0.2, 0) is 12.1 Å². The lowest BCUT2D eigenvalue weighted by Crippen LogP contribution is -2.66. The van der Waals surface area contributed by atoms with Gasteiger partial charge in [0.2, 0.25) is 0 Å². The molecule has 1 unspecified atom stereocenters. The summed E-state index contributed by atoms with van der Waals surface area (Å²) in [6, 6.07) is 10.3. The molecule has 5 N–H and O–H groups in total. The topological polar surface area (TPSA) is 127 Å². The Kier molecular flexibility index (Phi) is 6.79. The van der Waals surface area contributed by atoms with Crippen LogP contribution in [0, 0.1) is 40.6 Å². The molecule has 3 aromatic rings. The third-order valence-corrected chi connectivity index (χ3v) is 7.28. The molecule has 2 saturated heterocycles. The minimum atomic E-state index is -1.37. The summed E-state index contributed by atoms with van der Waals surface area (Å²) >= 11 is 0. The maximum Gasteiger partial charge on any atom is 0.321 e. The van der Waals surface area contributed by atoms with Crippen molar-refractivity contribution >= 4 is 11.7 Å². The van der Waals surface area contributed by atoms with Crippen LogP contribution >= 0.6 is 0 Å². The lowest BCUT2D eigenvalue weighted by molar-refractivity contribution is -0.132. The van der Waals surface area contributed by atoms with Gasteiger partial charge in [0.25, 0.3) is 0 Å². The second-order valence-electron chi connectivity index (χ2n) is 9.62. The largest absolute Gasteiger partial charge is 0.383 e. The average Bonchev–Trinajstić information content (AvgIpc) is 2.87. The van der Waals surface area contributed by atoms with E-state index in [0.717, 1.165) is 18.2 Å². The van der Waals surface area contributed by atoms with Crippen LogP contribution in [-0.4, -0.2) is 47.2 Å². The molecular formula is C27H25F3N6O2. The highest BCUT2D eigenvalue weighted by molar-refractivity contribution is 5.89. The van der Waals surface area contributed by atoms with Gasteiger partial charge in [-0.2, -0.15) is 5.26 Å². The molecule has 11 heteroatoms. The number of fused-ring (bicyclic) bond motifs is 2. The Morgan fingerprint density at radius 2 is 1.84 bits per heavy atom. The van der Waals surface area contributed by atoms with Crippen molar-refractivity contribution in [3.63, 3.8) is 0 Å². The molecule has 2 aliphatic rings. The Labute approximate surface area is 216 Å². The van der Waals surface area contributed by atoms with Gasteiger partial charge in [-0.15, -0.1) is 0 Å². The number of aromatic nitrogens is 1. The van der Waals surface area contributed by atoms with Gasteiger partial charge in [0.1, 0.15) is 23.1 Å². The van der Waals surface area contributed by atoms with Crippen LogP contribution in [0.3, 0.4) is 0 Å². The van der Waals surface area contributed by atoms with Gasteiger partial charge in [-0.3, -0.25) is 4.98 Å². The molecule has 0 aliphatic carbocycles. The number of nitrogens with one attached hydrogen (secondary N) is 2. The Hall–Kier alpha value is -3.98. The van der Waals surface area contributed by atoms with Crippen molar-refractivity contribution in [2.24, 2.45) is 17.6 Å². The number of aliphatic hydroxyl groups is 1. The molecule has 1 aromatic heterocycles. The zero-order chi connectivity index (χ0) is 27.0. The van der Waals surface area contributed by atoms with E-state index in [9.17, 15) is 28.3 Å². The smallest absolute Gasteiger partial charge is 0.321 e. The van der Waals surface area contributed by atoms with E-state index in [1.807, 2.05) is 6.07 Å². The number of nitriles is 1. The van der Waals surface area contributed by atoms with Gasteiger partial charge in [0.05, 0.1) is 17.3 Å². The third-order valence-electron chi connectivity index (χ3n) is 7.28. The first-order valence-corrected chi connectivity index (χ1v) is 12.1. The van der Waals surface area contributed by atoms with Crippen LogP contribution in [0.2, 0.25) is 0 Å². The van der Waals surface area contributed by atoms with Crippen LogP contribution in [0.5, 0.6) is 0 Å². The van der Waals surface area contributed by atoms with Gasteiger partial charge in [-0.05, 0) is 35.9 Å². The molecule has 0 radical (unpaired) electrons. The summed E-state index contributed by atoms with van der Waals surface area (Å²) in [4.78, 5) is 18.9. The van der Waals surface area contributed by atoms with Crippen molar-refractivity contribution in [2.75, 3.05) is 31.5 Å². The monoisotopic (exact) mass is 522 g/mol. The zero-order valence-electron chi connectivity index (χ0n) is 20.2. The van der Waals surface area contributed by atoms with E-state index in [1.165, 1.54) is 23.2 Å². The summed E-state index contributed by atoms with van der Waals surface area (Å²) in [6.07, 6.45) is 1.43. The Balaban J connectivity index is 1.38. The number of likely N-dealkylation sites (tertiary alicyclic amines) is 1. The van der Waals surface area contributed by atoms with E-state index in [0.29, 0.717) is 29.9 Å². The second kappa shape index (κ2) is 10.1. The highest BCUT2D eigenvalue weighted by Crippen LogP contribution is 2.43. The molecule has 5 rings (SSSR count). The number of carbonyl (C=O) groups excluding carboxylic acids is 1. The molecule has 8 nitrogen and oxygen atoms in total. The van der Waals surface area contributed by atoms with Crippen molar-refractivity contribution in [1.29, 1.82) is 5.26 Å². The number of halogens is 3. The van der Waals surface area contributed by atoms with E-state index in [4.69, 9.17) is 5.73 Å². The maximum absolute atomic E-state index is 14.8. The molecule has 38 heavy (non-hydrogen) atoms. The molecular weight excluding hydrogens is 497 g/mol. The van der Waals surface area contributed by atoms with Gasteiger partial charge in [0, 0.05) is 73.6 Å². The summed E-state index contributed by atoms with van der Waals surface area (Å²) in [7, 11) is 0. The van der Waals surface area contributed by atoms with Gasteiger partial charge < -0.3 is 26.4 Å². The van der Waals surface area contributed by atoms with Crippen LogP contribution in [0.25, 0.3) is 11.1 Å². The quantitative estimate of drug-likeness (QED) is 0.417. The summed E-state index contributed by atoms with van der Waals surface area (Å²) in [6.45, 7) is 1.24. The first kappa shape index (κ1) is 25.7. The van der Waals surface area contributed by atoms with E-state index in [2.05, 4.69) is 15.6 Å². The Morgan fingerprint density at radius 3 is 2.42 bits per heavy atom. The molecule has 2 bridgehead atoms. The lowest BCUT2D eigenvalue weighted by atomic mass is 9.68. The second-order valence-corrected chi connectivity index (χ2v) is 9.62. The molecule has 0 saturated carbocycles. The number of nitrogens with two attached hydrogens (primary N) is 1. The van der Waals surface area contributed by atoms with Crippen molar-refractivity contribution in [3.8, 4) is 17.2 Å². The van der Waals surface area contributed by atoms with E-state index in [1.54, 1.807) is 12.1 Å².